The molecule has 5 nitrogen and oxygen atoms in total. The normalized spacial score (nSPS) is 21.9. The second kappa shape index (κ2) is 6.27. The summed E-state index contributed by atoms with van der Waals surface area (Å²) in [6, 6.07) is 8.12. The summed E-state index contributed by atoms with van der Waals surface area (Å²) in [6.07, 6.45) is 0.652. The molecule has 24 heavy (non-hydrogen) atoms. The Morgan fingerprint density at radius 2 is 2.00 bits per heavy atom. The average Bonchev–Trinajstić information content (AvgIpc) is 3.15. The van der Waals surface area contributed by atoms with E-state index in [2.05, 4.69) is 9.88 Å². The van der Waals surface area contributed by atoms with Gasteiger partial charge < -0.3 is 10.0 Å². The van der Waals surface area contributed by atoms with Gasteiger partial charge in [0.2, 0.25) is 0 Å². The maximum Gasteiger partial charge on any atom is 0.253 e. The number of amides is 1. The number of hydrogen-bond acceptors (Lipinski definition) is 5. The molecule has 1 aromatic carbocycles. The van der Waals surface area contributed by atoms with E-state index < -0.39 is 0 Å². The van der Waals surface area contributed by atoms with E-state index in [1.54, 1.807) is 11.3 Å². The van der Waals surface area contributed by atoms with Crippen molar-refractivity contribution in [1.29, 1.82) is 0 Å². The largest absolute Gasteiger partial charge is 0.392 e. The molecule has 1 atom stereocenters. The SMILES string of the molecule is Cc1nc(-c2ccc(C(=O)N3CC(N4CC[C@@H](O)C4)C3)cc2)cs1. The highest BCUT2D eigenvalue weighted by atomic mass is 32.1. The van der Waals surface area contributed by atoms with Crippen LogP contribution < -0.4 is 0 Å². The molecule has 2 aliphatic rings. The summed E-state index contributed by atoms with van der Waals surface area (Å²) in [6.45, 7) is 5.20. The van der Waals surface area contributed by atoms with Gasteiger partial charge in [0.1, 0.15) is 0 Å². The van der Waals surface area contributed by atoms with Crippen LogP contribution in [0, 0.1) is 6.92 Å². The van der Waals surface area contributed by atoms with Crippen LogP contribution in [0.4, 0.5) is 0 Å². The molecule has 1 aromatic heterocycles. The molecule has 0 unspecified atom stereocenters. The Morgan fingerprint density at radius 1 is 1.25 bits per heavy atom. The van der Waals surface area contributed by atoms with Crippen molar-refractivity contribution in [2.45, 2.75) is 25.5 Å². The van der Waals surface area contributed by atoms with Gasteiger partial charge in [-0.3, -0.25) is 9.69 Å². The standard InChI is InChI=1S/C18H21N3O2S/c1-12-19-17(11-24-12)13-2-4-14(5-3-13)18(23)21-8-15(9-21)20-7-6-16(22)10-20/h2-5,11,15-16,22H,6-10H2,1H3/t16-/m1/s1. The van der Waals surface area contributed by atoms with Crippen LogP contribution in [-0.4, -0.2) is 64.1 Å². The zero-order valence-corrected chi connectivity index (χ0v) is 14.5. The van der Waals surface area contributed by atoms with E-state index in [1.165, 1.54) is 0 Å². The van der Waals surface area contributed by atoms with Crippen molar-refractivity contribution in [3.8, 4) is 11.3 Å². The number of carbonyl (C=O) groups excluding carboxylic acids is 1. The molecule has 4 rings (SSSR count). The lowest BCUT2D eigenvalue weighted by Gasteiger charge is -2.44. The highest BCUT2D eigenvalue weighted by Crippen LogP contribution is 2.24. The van der Waals surface area contributed by atoms with Crippen LogP contribution in [-0.2, 0) is 0 Å². The lowest BCUT2D eigenvalue weighted by atomic mass is 10.0. The van der Waals surface area contributed by atoms with E-state index in [9.17, 15) is 9.90 Å². The van der Waals surface area contributed by atoms with Crippen molar-refractivity contribution >= 4 is 17.2 Å². The smallest absolute Gasteiger partial charge is 0.253 e. The number of aliphatic hydroxyl groups is 1. The van der Waals surface area contributed by atoms with Gasteiger partial charge in [-0.15, -0.1) is 11.3 Å². The molecule has 1 amide bonds. The fourth-order valence-electron chi connectivity index (χ4n) is 3.41. The van der Waals surface area contributed by atoms with Gasteiger partial charge in [-0.25, -0.2) is 4.98 Å². The molecular formula is C18H21N3O2S. The zero-order valence-electron chi connectivity index (χ0n) is 13.7. The van der Waals surface area contributed by atoms with Crippen LogP contribution in [0.2, 0.25) is 0 Å². The zero-order chi connectivity index (χ0) is 16.7. The van der Waals surface area contributed by atoms with Crippen LogP contribution in [0.5, 0.6) is 0 Å². The van der Waals surface area contributed by atoms with Crippen LogP contribution >= 0.6 is 11.3 Å². The topological polar surface area (TPSA) is 56.7 Å². The Labute approximate surface area is 145 Å². The number of nitrogens with zero attached hydrogens (tertiary/aromatic N) is 3. The summed E-state index contributed by atoms with van der Waals surface area (Å²) < 4.78 is 0. The summed E-state index contributed by atoms with van der Waals surface area (Å²) in [5.74, 6) is 0.0898. The van der Waals surface area contributed by atoms with E-state index in [-0.39, 0.29) is 12.0 Å². The Kier molecular flexibility index (Phi) is 4.12. The highest BCUT2D eigenvalue weighted by molar-refractivity contribution is 7.09. The van der Waals surface area contributed by atoms with Gasteiger partial charge >= 0.3 is 0 Å². The fraction of sp³-hybridized carbons (Fsp3) is 0.444. The van der Waals surface area contributed by atoms with Crippen molar-refractivity contribution in [1.82, 2.24) is 14.8 Å². The van der Waals surface area contributed by atoms with Gasteiger partial charge in [0.25, 0.3) is 5.91 Å². The van der Waals surface area contributed by atoms with E-state index in [0.717, 1.165) is 54.4 Å². The molecule has 2 saturated heterocycles. The van der Waals surface area contributed by atoms with Crippen LogP contribution in [0.1, 0.15) is 21.8 Å². The number of hydrogen-bond donors (Lipinski definition) is 1. The molecular weight excluding hydrogens is 322 g/mol. The number of thiazole rings is 1. The Morgan fingerprint density at radius 3 is 2.58 bits per heavy atom. The van der Waals surface area contributed by atoms with Crippen LogP contribution in [0.3, 0.4) is 0 Å². The third kappa shape index (κ3) is 2.97. The molecule has 6 heteroatoms. The molecule has 0 spiro atoms. The van der Waals surface area contributed by atoms with Crippen LogP contribution in [0.15, 0.2) is 29.6 Å². The van der Waals surface area contributed by atoms with Crippen LogP contribution in [0.25, 0.3) is 11.3 Å². The van der Waals surface area contributed by atoms with E-state index >= 15 is 0 Å². The van der Waals surface area contributed by atoms with Gasteiger partial charge in [0.05, 0.1) is 16.8 Å². The molecule has 2 fully saturated rings. The van der Waals surface area contributed by atoms with Crippen molar-refractivity contribution in [3.63, 3.8) is 0 Å². The summed E-state index contributed by atoms with van der Waals surface area (Å²) in [7, 11) is 0. The minimum absolute atomic E-state index is 0.0898. The van der Waals surface area contributed by atoms with E-state index in [0.29, 0.717) is 6.04 Å². The molecule has 3 heterocycles. The number of β-amino-alcohol motifs (C(OH)–C–C–N with tert-alkyl or cyclic N) is 1. The minimum atomic E-state index is -0.198. The molecule has 0 radical (unpaired) electrons. The summed E-state index contributed by atoms with van der Waals surface area (Å²) in [4.78, 5) is 21.2. The predicted octanol–water partition coefficient (Wildman–Crippen LogP) is 2.01. The van der Waals surface area contributed by atoms with Gasteiger partial charge in [-0.05, 0) is 25.5 Å². The molecule has 0 bridgehead atoms. The van der Waals surface area contributed by atoms with E-state index in [1.807, 2.05) is 41.5 Å². The monoisotopic (exact) mass is 343 g/mol. The summed E-state index contributed by atoms with van der Waals surface area (Å²) in [5.41, 5.74) is 2.74. The lowest BCUT2D eigenvalue weighted by Crippen LogP contribution is -2.60. The van der Waals surface area contributed by atoms with Crippen molar-refractivity contribution < 1.29 is 9.90 Å². The maximum atomic E-state index is 12.5. The third-order valence-corrected chi connectivity index (χ3v) is 5.68. The quantitative estimate of drug-likeness (QED) is 0.926. The second-order valence-corrected chi connectivity index (χ2v) is 7.69. The number of rotatable bonds is 3. The first-order valence-corrected chi connectivity index (χ1v) is 9.22. The summed E-state index contributed by atoms with van der Waals surface area (Å²) in [5, 5.41) is 12.7. The first-order valence-electron chi connectivity index (χ1n) is 8.34. The molecule has 2 aliphatic heterocycles. The first-order chi connectivity index (χ1) is 11.6. The second-order valence-electron chi connectivity index (χ2n) is 6.63. The molecule has 126 valence electrons. The molecule has 0 aliphatic carbocycles. The highest BCUT2D eigenvalue weighted by Gasteiger charge is 2.37. The van der Waals surface area contributed by atoms with Crippen molar-refractivity contribution in [3.05, 3.63) is 40.2 Å². The number of benzene rings is 1. The number of aliphatic hydroxyl groups excluding tert-OH is 1. The summed E-state index contributed by atoms with van der Waals surface area (Å²) >= 11 is 1.63. The Balaban J connectivity index is 1.37. The van der Waals surface area contributed by atoms with Gasteiger partial charge in [0.15, 0.2) is 0 Å². The molecule has 0 saturated carbocycles. The minimum Gasteiger partial charge on any atom is -0.392 e. The fourth-order valence-corrected chi connectivity index (χ4v) is 4.04. The first kappa shape index (κ1) is 15.7. The van der Waals surface area contributed by atoms with Gasteiger partial charge in [-0.1, -0.05) is 12.1 Å². The number of aromatic nitrogens is 1. The van der Waals surface area contributed by atoms with Crippen molar-refractivity contribution in [2.75, 3.05) is 26.2 Å². The third-order valence-electron chi connectivity index (χ3n) is 4.91. The van der Waals surface area contributed by atoms with E-state index in [4.69, 9.17) is 0 Å². The number of carbonyl (C=O) groups is 1. The van der Waals surface area contributed by atoms with Gasteiger partial charge in [-0.2, -0.15) is 0 Å². The Hall–Kier alpha value is -1.76. The number of aryl methyl sites for hydroxylation is 1. The molecule has 1 N–H and O–H groups in total. The van der Waals surface area contributed by atoms with Crippen molar-refractivity contribution in [2.24, 2.45) is 0 Å². The maximum absolute atomic E-state index is 12.5. The predicted molar refractivity (Wildman–Crippen MR) is 94.2 cm³/mol. The lowest BCUT2D eigenvalue weighted by molar-refractivity contribution is 0.0299. The van der Waals surface area contributed by atoms with Gasteiger partial charge in [0, 0.05) is 48.7 Å². The number of likely N-dealkylation sites (tertiary alicyclic amines) is 2. The average molecular weight is 343 g/mol. The molecule has 2 aromatic rings. The Bertz CT molecular complexity index is 737.